The quantitative estimate of drug-likeness (QED) is 0.728. The third-order valence-corrected chi connectivity index (χ3v) is 4.97. The maximum absolute atomic E-state index is 12.0. The van der Waals surface area contributed by atoms with E-state index in [0.29, 0.717) is 5.92 Å². The van der Waals surface area contributed by atoms with Gasteiger partial charge >= 0.3 is 0 Å². The molecule has 1 aromatic heterocycles. The zero-order valence-electron chi connectivity index (χ0n) is 10.9. The van der Waals surface area contributed by atoms with Gasteiger partial charge in [-0.05, 0) is 58.7 Å². The molecule has 0 aliphatic heterocycles. The summed E-state index contributed by atoms with van der Waals surface area (Å²) < 4.78 is 1.12. The topological polar surface area (TPSA) is 29.1 Å². The Bertz CT molecular complexity index is 562. The van der Waals surface area contributed by atoms with E-state index < -0.39 is 0 Å². The van der Waals surface area contributed by atoms with Crippen LogP contribution in [0, 0.1) is 2.88 Å². The van der Waals surface area contributed by atoms with Crippen molar-refractivity contribution in [2.24, 2.45) is 0 Å². The molecule has 100 valence electrons. The number of hydrogen-bond donors (Lipinski definition) is 1. The normalized spacial score (nSPS) is 12.2. The van der Waals surface area contributed by atoms with E-state index in [-0.39, 0.29) is 5.91 Å². The Hall–Kier alpha value is -0.880. The minimum absolute atomic E-state index is 0.0459. The minimum atomic E-state index is -0.0459. The number of halogens is 1. The number of benzene rings is 1. The minimum Gasteiger partial charge on any atom is -0.322 e. The second-order valence-corrected chi connectivity index (χ2v) is 7.33. The van der Waals surface area contributed by atoms with Crippen molar-refractivity contribution < 1.29 is 4.79 Å². The summed E-state index contributed by atoms with van der Waals surface area (Å²) in [5, 5.41) is 4.80. The lowest BCUT2D eigenvalue weighted by molar-refractivity contribution is 0.102. The molecular formula is C15H16INOS. The summed E-state index contributed by atoms with van der Waals surface area (Å²) in [7, 11) is 0. The van der Waals surface area contributed by atoms with Crippen molar-refractivity contribution in [3.8, 4) is 0 Å². The molecule has 1 aromatic carbocycles. The van der Waals surface area contributed by atoms with Crippen molar-refractivity contribution in [3.05, 3.63) is 49.7 Å². The summed E-state index contributed by atoms with van der Waals surface area (Å²) in [5.41, 5.74) is 2.88. The molecule has 1 heterocycles. The average molecular weight is 385 g/mol. The average Bonchev–Trinajstić information content (AvgIpc) is 2.85. The van der Waals surface area contributed by atoms with Crippen LogP contribution in [0.2, 0.25) is 0 Å². The molecule has 0 fully saturated rings. The van der Waals surface area contributed by atoms with E-state index in [9.17, 15) is 4.79 Å². The molecule has 1 amide bonds. The molecular weight excluding hydrogens is 369 g/mol. The summed E-state index contributed by atoms with van der Waals surface area (Å²) in [6.07, 6.45) is 1.12. The van der Waals surface area contributed by atoms with Gasteiger partial charge in [-0.3, -0.25) is 4.79 Å². The number of thiophene rings is 1. The first-order chi connectivity index (χ1) is 9.10. The zero-order valence-corrected chi connectivity index (χ0v) is 13.9. The highest BCUT2D eigenvalue weighted by atomic mass is 127. The van der Waals surface area contributed by atoms with Crippen molar-refractivity contribution in [2.75, 3.05) is 5.32 Å². The Morgan fingerprint density at radius 2 is 2.05 bits per heavy atom. The predicted octanol–water partition coefficient (Wildman–Crippen LogP) is 5.12. The predicted molar refractivity (Wildman–Crippen MR) is 90.1 cm³/mol. The fraction of sp³-hybridized carbons (Fsp3) is 0.267. The number of amides is 1. The van der Waals surface area contributed by atoms with Crippen LogP contribution in [0.4, 0.5) is 5.69 Å². The van der Waals surface area contributed by atoms with E-state index >= 15 is 0 Å². The summed E-state index contributed by atoms with van der Waals surface area (Å²) in [4.78, 5) is 12.0. The van der Waals surface area contributed by atoms with E-state index in [1.54, 1.807) is 11.3 Å². The van der Waals surface area contributed by atoms with Crippen LogP contribution in [0.25, 0.3) is 0 Å². The maximum Gasteiger partial charge on any atom is 0.256 e. The van der Waals surface area contributed by atoms with Crippen molar-refractivity contribution >= 4 is 45.5 Å². The molecule has 0 aliphatic carbocycles. The van der Waals surface area contributed by atoms with Gasteiger partial charge in [0.05, 0.1) is 8.45 Å². The fourth-order valence-corrected chi connectivity index (χ4v) is 3.09. The Balaban J connectivity index is 2.05. The molecule has 1 unspecified atom stereocenters. The SMILES string of the molecule is CCC(C)c1ccc(NC(=O)c2csc(I)c2)cc1. The molecule has 2 aromatic rings. The molecule has 0 spiro atoms. The third kappa shape index (κ3) is 3.79. The first-order valence-electron chi connectivity index (χ1n) is 6.25. The molecule has 4 heteroatoms. The van der Waals surface area contributed by atoms with Gasteiger partial charge in [-0.25, -0.2) is 0 Å². The van der Waals surface area contributed by atoms with Crippen LogP contribution in [0.15, 0.2) is 35.7 Å². The summed E-state index contributed by atoms with van der Waals surface area (Å²) in [5.74, 6) is 0.513. The van der Waals surface area contributed by atoms with Crippen LogP contribution in [0.1, 0.15) is 42.1 Å². The number of carbonyl (C=O) groups is 1. The fourth-order valence-electron chi connectivity index (χ4n) is 1.76. The molecule has 0 saturated carbocycles. The van der Waals surface area contributed by atoms with E-state index in [1.807, 2.05) is 23.6 Å². The lowest BCUT2D eigenvalue weighted by Crippen LogP contribution is -2.10. The van der Waals surface area contributed by atoms with E-state index in [4.69, 9.17) is 0 Å². The van der Waals surface area contributed by atoms with Crippen LogP contribution in [-0.2, 0) is 0 Å². The standard InChI is InChI=1S/C15H16INOS/c1-3-10(2)11-4-6-13(7-5-11)17-15(18)12-8-14(16)19-9-12/h4-10H,3H2,1-2H3,(H,17,18). The Kier molecular flexibility index (Phi) is 4.99. The van der Waals surface area contributed by atoms with Crippen LogP contribution in [0.3, 0.4) is 0 Å². The molecule has 2 nitrogen and oxygen atoms in total. The summed E-state index contributed by atoms with van der Waals surface area (Å²) in [6, 6.07) is 10.0. The highest BCUT2D eigenvalue weighted by Crippen LogP contribution is 2.21. The van der Waals surface area contributed by atoms with Crippen molar-refractivity contribution in [1.82, 2.24) is 0 Å². The zero-order chi connectivity index (χ0) is 13.8. The largest absolute Gasteiger partial charge is 0.322 e. The molecule has 19 heavy (non-hydrogen) atoms. The van der Waals surface area contributed by atoms with E-state index in [2.05, 4.69) is 53.9 Å². The van der Waals surface area contributed by atoms with Crippen LogP contribution in [-0.4, -0.2) is 5.91 Å². The van der Waals surface area contributed by atoms with Crippen molar-refractivity contribution in [1.29, 1.82) is 0 Å². The van der Waals surface area contributed by atoms with Crippen LogP contribution < -0.4 is 5.32 Å². The molecule has 1 atom stereocenters. The number of anilines is 1. The van der Waals surface area contributed by atoms with Crippen molar-refractivity contribution in [3.63, 3.8) is 0 Å². The number of rotatable bonds is 4. The van der Waals surface area contributed by atoms with Gasteiger partial charge in [0.2, 0.25) is 0 Å². The Morgan fingerprint density at radius 1 is 1.37 bits per heavy atom. The van der Waals surface area contributed by atoms with Gasteiger partial charge in [-0.1, -0.05) is 26.0 Å². The van der Waals surface area contributed by atoms with Gasteiger partial charge in [0.1, 0.15) is 0 Å². The Labute approximate surface area is 131 Å². The van der Waals surface area contributed by atoms with E-state index in [1.165, 1.54) is 5.56 Å². The monoisotopic (exact) mass is 385 g/mol. The smallest absolute Gasteiger partial charge is 0.256 e. The first kappa shape index (κ1) is 14.5. The number of hydrogen-bond acceptors (Lipinski definition) is 2. The molecule has 0 aliphatic rings. The second-order valence-electron chi connectivity index (χ2n) is 4.52. The highest BCUT2D eigenvalue weighted by molar-refractivity contribution is 14.1. The third-order valence-electron chi connectivity index (χ3n) is 3.18. The van der Waals surface area contributed by atoms with Crippen molar-refractivity contribution in [2.45, 2.75) is 26.2 Å². The van der Waals surface area contributed by atoms with Gasteiger partial charge in [0, 0.05) is 11.1 Å². The Morgan fingerprint density at radius 3 is 2.58 bits per heavy atom. The lowest BCUT2D eigenvalue weighted by atomic mass is 9.99. The number of carbonyl (C=O) groups excluding carboxylic acids is 1. The van der Waals surface area contributed by atoms with Gasteiger partial charge in [-0.15, -0.1) is 11.3 Å². The first-order valence-corrected chi connectivity index (χ1v) is 8.21. The summed E-state index contributed by atoms with van der Waals surface area (Å²) >= 11 is 3.80. The van der Waals surface area contributed by atoms with Crippen LogP contribution >= 0.6 is 33.9 Å². The van der Waals surface area contributed by atoms with Gasteiger partial charge < -0.3 is 5.32 Å². The molecule has 1 N–H and O–H groups in total. The van der Waals surface area contributed by atoms with Gasteiger partial charge in [0.15, 0.2) is 0 Å². The molecule has 0 saturated heterocycles. The summed E-state index contributed by atoms with van der Waals surface area (Å²) in [6.45, 7) is 4.39. The molecule has 0 radical (unpaired) electrons. The maximum atomic E-state index is 12.0. The van der Waals surface area contributed by atoms with Gasteiger partial charge in [0.25, 0.3) is 5.91 Å². The van der Waals surface area contributed by atoms with Crippen LogP contribution in [0.5, 0.6) is 0 Å². The molecule has 2 rings (SSSR count). The molecule has 0 bridgehead atoms. The van der Waals surface area contributed by atoms with E-state index in [0.717, 1.165) is 20.6 Å². The highest BCUT2D eigenvalue weighted by Gasteiger charge is 2.08. The van der Waals surface area contributed by atoms with Gasteiger partial charge in [-0.2, -0.15) is 0 Å². The lowest BCUT2D eigenvalue weighted by Gasteiger charge is -2.10. The number of nitrogens with one attached hydrogen (secondary N) is 1. The second kappa shape index (κ2) is 6.52.